The summed E-state index contributed by atoms with van der Waals surface area (Å²) >= 11 is 12.0. The molecule has 5 nitrogen and oxygen atoms in total. The summed E-state index contributed by atoms with van der Waals surface area (Å²) in [6.45, 7) is 5.08. The van der Waals surface area contributed by atoms with Crippen molar-refractivity contribution < 1.29 is 13.2 Å². The van der Waals surface area contributed by atoms with Crippen LogP contribution in [0, 0.1) is 0 Å². The second-order valence-corrected chi connectivity index (χ2v) is 9.40. The van der Waals surface area contributed by atoms with E-state index in [0.717, 1.165) is 4.31 Å². The van der Waals surface area contributed by atoms with Crippen LogP contribution < -0.4 is 9.62 Å². The SMILES string of the molecule is CC(C)(C)NC(=O)CN(c1ccc(Cl)c(Cl)c1)S(=O)(=O)c1ccccc1. The molecule has 0 aliphatic carbocycles. The van der Waals surface area contributed by atoms with Crippen LogP contribution in [0.2, 0.25) is 10.0 Å². The molecule has 0 bridgehead atoms. The van der Waals surface area contributed by atoms with Crippen molar-refractivity contribution in [3.8, 4) is 0 Å². The molecule has 8 heteroatoms. The van der Waals surface area contributed by atoms with Crippen molar-refractivity contribution in [3.63, 3.8) is 0 Å². The fraction of sp³-hybridized carbons (Fsp3) is 0.278. The average molecular weight is 415 g/mol. The van der Waals surface area contributed by atoms with Crippen LogP contribution in [0.15, 0.2) is 53.4 Å². The Morgan fingerprint density at radius 2 is 1.65 bits per heavy atom. The Labute approximate surface area is 164 Å². The topological polar surface area (TPSA) is 66.5 Å². The maximum atomic E-state index is 13.1. The van der Waals surface area contributed by atoms with Gasteiger partial charge >= 0.3 is 0 Å². The highest BCUT2D eigenvalue weighted by atomic mass is 35.5. The standard InChI is InChI=1S/C18H20Cl2N2O3S/c1-18(2,3)21-17(23)12-22(13-9-10-15(19)16(20)11-13)26(24,25)14-7-5-4-6-8-14/h4-11H,12H2,1-3H3,(H,21,23). The minimum absolute atomic E-state index is 0.0784. The molecule has 140 valence electrons. The van der Waals surface area contributed by atoms with Crippen LogP contribution in [-0.2, 0) is 14.8 Å². The van der Waals surface area contributed by atoms with Crippen molar-refractivity contribution in [2.75, 3.05) is 10.8 Å². The third-order valence-corrected chi connectivity index (χ3v) is 5.85. The Morgan fingerprint density at radius 3 is 2.19 bits per heavy atom. The molecule has 0 spiro atoms. The first-order valence-electron chi connectivity index (χ1n) is 7.84. The number of amides is 1. The highest BCUT2D eigenvalue weighted by Gasteiger charge is 2.28. The van der Waals surface area contributed by atoms with Gasteiger partial charge in [-0.3, -0.25) is 9.10 Å². The number of halogens is 2. The Kier molecular flexibility index (Phi) is 6.21. The van der Waals surface area contributed by atoms with Crippen molar-refractivity contribution in [1.29, 1.82) is 0 Å². The van der Waals surface area contributed by atoms with E-state index in [0.29, 0.717) is 5.02 Å². The summed E-state index contributed by atoms with van der Waals surface area (Å²) < 4.78 is 27.2. The van der Waals surface area contributed by atoms with Gasteiger partial charge in [-0.1, -0.05) is 41.4 Å². The predicted molar refractivity (Wildman–Crippen MR) is 105 cm³/mol. The van der Waals surface area contributed by atoms with E-state index in [4.69, 9.17) is 23.2 Å². The molecule has 0 aromatic heterocycles. The van der Waals surface area contributed by atoms with Gasteiger partial charge in [-0.2, -0.15) is 0 Å². The maximum Gasteiger partial charge on any atom is 0.264 e. The molecule has 26 heavy (non-hydrogen) atoms. The summed E-state index contributed by atoms with van der Waals surface area (Å²) in [5.41, 5.74) is -0.232. The summed E-state index contributed by atoms with van der Waals surface area (Å²) in [4.78, 5) is 12.5. The van der Waals surface area contributed by atoms with Crippen LogP contribution in [0.1, 0.15) is 20.8 Å². The molecule has 2 aromatic carbocycles. The monoisotopic (exact) mass is 414 g/mol. The van der Waals surface area contributed by atoms with Crippen molar-refractivity contribution in [3.05, 3.63) is 58.6 Å². The summed E-state index contributed by atoms with van der Waals surface area (Å²) in [7, 11) is -3.96. The average Bonchev–Trinajstić information content (AvgIpc) is 2.54. The number of hydrogen-bond acceptors (Lipinski definition) is 3. The minimum atomic E-state index is -3.96. The molecule has 0 saturated carbocycles. The zero-order valence-corrected chi connectivity index (χ0v) is 17.0. The van der Waals surface area contributed by atoms with Gasteiger partial charge in [-0.05, 0) is 51.1 Å². The highest BCUT2D eigenvalue weighted by molar-refractivity contribution is 7.92. The summed E-state index contributed by atoms with van der Waals surface area (Å²) in [5.74, 6) is -0.428. The molecule has 0 atom stereocenters. The van der Waals surface area contributed by atoms with Gasteiger partial charge in [0.15, 0.2) is 0 Å². The van der Waals surface area contributed by atoms with Crippen molar-refractivity contribution in [2.24, 2.45) is 0 Å². The van der Waals surface area contributed by atoms with Crippen LogP contribution in [0.3, 0.4) is 0 Å². The molecule has 1 N–H and O–H groups in total. The van der Waals surface area contributed by atoms with Crippen LogP contribution in [0.4, 0.5) is 5.69 Å². The Balaban J connectivity index is 2.48. The molecule has 2 aromatic rings. The van der Waals surface area contributed by atoms with Gasteiger partial charge in [0.1, 0.15) is 6.54 Å². The van der Waals surface area contributed by atoms with E-state index in [2.05, 4.69) is 5.32 Å². The number of hydrogen-bond donors (Lipinski definition) is 1. The van der Waals surface area contributed by atoms with Gasteiger partial charge in [0.05, 0.1) is 20.6 Å². The molecule has 1 amide bonds. The van der Waals surface area contributed by atoms with Crippen LogP contribution in [0.25, 0.3) is 0 Å². The second kappa shape index (κ2) is 7.86. The van der Waals surface area contributed by atoms with Gasteiger partial charge in [-0.25, -0.2) is 8.42 Å². The van der Waals surface area contributed by atoms with Crippen LogP contribution in [-0.4, -0.2) is 26.4 Å². The summed E-state index contributed by atoms with van der Waals surface area (Å²) in [6, 6.07) is 12.3. The molecular weight excluding hydrogens is 395 g/mol. The second-order valence-electron chi connectivity index (χ2n) is 6.72. The van der Waals surface area contributed by atoms with E-state index in [1.54, 1.807) is 18.2 Å². The van der Waals surface area contributed by atoms with Gasteiger partial charge in [0.25, 0.3) is 10.0 Å². The smallest absolute Gasteiger partial charge is 0.264 e. The minimum Gasteiger partial charge on any atom is -0.350 e. The molecule has 0 heterocycles. The summed E-state index contributed by atoms with van der Waals surface area (Å²) in [5, 5.41) is 3.27. The van der Waals surface area contributed by atoms with Crippen molar-refractivity contribution >= 4 is 44.8 Å². The first kappa shape index (κ1) is 20.6. The van der Waals surface area contributed by atoms with Gasteiger partial charge in [0, 0.05) is 5.54 Å². The van der Waals surface area contributed by atoms with E-state index in [9.17, 15) is 13.2 Å². The third-order valence-electron chi connectivity index (χ3n) is 3.32. The van der Waals surface area contributed by atoms with E-state index >= 15 is 0 Å². The Hall–Kier alpha value is -1.76. The molecule has 0 unspecified atom stereocenters. The fourth-order valence-electron chi connectivity index (χ4n) is 2.26. The molecule has 0 saturated heterocycles. The first-order chi connectivity index (χ1) is 12.0. The lowest BCUT2D eigenvalue weighted by atomic mass is 10.1. The molecule has 0 fully saturated rings. The molecule has 0 aliphatic heterocycles. The Bertz CT molecular complexity index is 894. The molecule has 2 rings (SSSR count). The molecule has 0 aliphatic rings. The summed E-state index contributed by atoms with van der Waals surface area (Å²) in [6.07, 6.45) is 0. The van der Waals surface area contributed by atoms with Gasteiger partial charge < -0.3 is 5.32 Å². The third kappa shape index (κ3) is 5.13. The number of sulfonamides is 1. The molecular formula is C18H20Cl2N2O3S. The quantitative estimate of drug-likeness (QED) is 0.800. The lowest BCUT2D eigenvalue weighted by molar-refractivity contribution is -0.121. The van der Waals surface area contributed by atoms with E-state index < -0.39 is 21.5 Å². The number of rotatable bonds is 5. The first-order valence-corrected chi connectivity index (χ1v) is 10.0. The number of nitrogens with zero attached hydrogens (tertiary/aromatic N) is 1. The highest BCUT2D eigenvalue weighted by Crippen LogP contribution is 2.30. The number of carbonyl (C=O) groups is 1. The van der Waals surface area contributed by atoms with E-state index in [-0.39, 0.29) is 22.2 Å². The fourth-order valence-corrected chi connectivity index (χ4v) is 3.99. The zero-order valence-electron chi connectivity index (χ0n) is 14.7. The van der Waals surface area contributed by atoms with Gasteiger partial charge in [0.2, 0.25) is 5.91 Å². The van der Waals surface area contributed by atoms with E-state index in [1.807, 2.05) is 20.8 Å². The zero-order chi connectivity index (χ0) is 19.5. The largest absolute Gasteiger partial charge is 0.350 e. The lowest BCUT2D eigenvalue weighted by Gasteiger charge is -2.27. The number of anilines is 1. The maximum absolute atomic E-state index is 13.1. The Morgan fingerprint density at radius 1 is 1.04 bits per heavy atom. The van der Waals surface area contributed by atoms with Crippen LogP contribution in [0.5, 0.6) is 0 Å². The number of carbonyl (C=O) groups excluding carboxylic acids is 1. The van der Waals surface area contributed by atoms with Crippen LogP contribution >= 0.6 is 23.2 Å². The number of benzene rings is 2. The molecule has 0 radical (unpaired) electrons. The number of nitrogens with one attached hydrogen (secondary N) is 1. The van der Waals surface area contributed by atoms with Crippen molar-refractivity contribution in [1.82, 2.24) is 5.32 Å². The lowest BCUT2D eigenvalue weighted by Crippen LogP contribution is -2.47. The van der Waals surface area contributed by atoms with Crippen molar-refractivity contribution in [2.45, 2.75) is 31.2 Å². The predicted octanol–water partition coefficient (Wildman–Crippen LogP) is 4.10. The van der Waals surface area contributed by atoms with E-state index in [1.165, 1.54) is 30.3 Å². The van der Waals surface area contributed by atoms with Gasteiger partial charge in [-0.15, -0.1) is 0 Å². The normalized spacial score (nSPS) is 11.9.